The second-order valence-electron chi connectivity index (χ2n) is 4.07. The van der Waals surface area contributed by atoms with Crippen molar-refractivity contribution in [3.8, 4) is 0 Å². The van der Waals surface area contributed by atoms with Crippen LogP contribution in [0, 0.1) is 17.8 Å². The molecule has 1 rings (SSSR count). The largest absolute Gasteiger partial charge is 0.469 e. The van der Waals surface area contributed by atoms with Gasteiger partial charge in [0.05, 0.1) is 13.0 Å². The Balaban J connectivity index is 2.20. The molecule has 0 unspecified atom stereocenters. The van der Waals surface area contributed by atoms with Gasteiger partial charge >= 0.3 is 5.97 Å². The Kier molecular flexibility index (Phi) is 3.76. The van der Waals surface area contributed by atoms with Gasteiger partial charge in [0.15, 0.2) is 0 Å². The second kappa shape index (κ2) is 4.64. The summed E-state index contributed by atoms with van der Waals surface area (Å²) >= 11 is 0. The van der Waals surface area contributed by atoms with Crippen LogP contribution in [0.1, 0.15) is 39.5 Å². The first-order valence-electron chi connectivity index (χ1n) is 5.30. The van der Waals surface area contributed by atoms with Crippen LogP contribution in [0.5, 0.6) is 0 Å². The van der Waals surface area contributed by atoms with Gasteiger partial charge in [-0.1, -0.05) is 33.1 Å². The van der Waals surface area contributed by atoms with Crippen molar-refractivity contribution in [2.75, 3.05) is 7.11 Å². The molecule has 0 aromatic carbocycles. The number of methoxy groups -OCH3 is 1. The summed E-state index contributed by atoms with van der Waals surface area (Å²) < 4.78 is 4.74. The standard InChI is InChI=1S/C11H20O2/c1-4-5-6-7-9-8(2)10(9)11(12)13-3/h8-10H,4-7H2,1-3H3/t8-,9+,10-/m1/s1. The highest BCUT2D eigenvalue weighted by atomic mass is 16.5. The number of unbranched alkanes of at least 4 members (excludes halogenated alkanes) is 2. The van der Waals surface area contributed by atoms with Crippen molar-refractivity contribution in [2.24, 2.45) is 17.8 Å². The van der Waals surface area contributed by atoms with Gasteiger partial charge in [0.25, 0.3) is 0 Å². The fraction of sp³-hybridized carbons (Fsp3) is 0.909. The highest BCUT2D eigenvalue weighted by Crippen LogP contribution is 2.49. The van der Waals surface area contributed by atoms with Gasteiger partial charge in [-0.3, -0.25) is 4.79 Å². The van der Waals surface area contributed by atoms with E-state index in [0.29, 0.717) is 11.8 Å². The maximum atomic E-state index is 11.2. The number of carbonyl (C=O) groups is 1. The molecule has 0 N–H and O–H groups in total. The molecule has 1 fully saturated rings. The van der Waals surface area contributed by atoms with Gasteiger partial charge in [-0.25, -0.2) is 0 Å². The van der Waals surface area contributed by atoms with Crippen molar-refractivity contribution in [3.05, 3.63) is 0 Å². The van der Waals surface area contributed by atoms with Gasteiger partial charge < -0.3 is 4.74 Å². The lowest BCUT2D eigenvalue weighted by molar-refractivity contribution is -0.142. The third kappa shape index (κ3) is 2.45. The van der Waals surface area contributed by atoms with E-state index < -0.39 is 0 Å². The molecule has 0 aromatic heterocycles. The minimum absolute atomic E-state index is 0.00556. The van der Waals surface area contributed by atoms with Gasteiger partial charge in [0.2, 0.25) is 0 Å². The Labute approximate surface area is 80.7 Å². The number of esters is 1. The van der Waals surface area contributed by atoms with Crippen LogP contribution < -0.4 is 0 Å². The summed E-state index contributed by atoms with van der Waals surface area (Å²) in [6.07, 6.45) is 5.01. The molecule has 0 aromatic rings. The molecule has 0 aliphatic heterocycles. The molecule has 0 heterocycles. The molecular formula is C11H20O2. The monoisotopic (exact) mass is 184 g/mol. The predicted molar refractivity (Wildman–Crippen MR) is 52.3 cm³/mol. The van der Waals surface area contributed by atoms with Gasteiger partial charge in [-0.15, -0.1) is 0 Å². The molecular weight excluding hydrogens is 164 g/mol. The fourth-order valence-electron chi connectivity index (χ4n) is 2.14. The van der Waals surface area contributed by atoms with Gasteiger partial charge in [0.1, 0.15) is 0 Å². The summed E-state index contributed by atoms with van der Waals surface area (Å²) in [5.74, 6) is 1.37. The van der Waals surface area contributed by atoms with E-state index in [1.165, 1.54) is 32.8 Å². The summed E-state index contributed by atoms with van der Waals surface area (Å²) in [4.78, 5) is 11.2. The topological polar surface area (TPSA) is 26.3 Å². The van der Waals surface area contributed by atoms with Crippen LogP contribution >= 0.6 is 0 Å². The fourth-order valence-corrected chi connectivity index (χ4v) is 2.14. The predicted octanol–water partition coefficient (Wildman–Crippen LogP) is 2.62. The maximum absolute atomic E-state index is 11.2. The molecule has 2 heteroatoms. The summed E-state index contributed by atoms with van der Waals surface area (Å²) in [7, 11) is 1.48. The van der Waals surface area contributed by atoms with E-state index in [-0.39, 0.29) is 11.9 Å². The van der Waals surface area contributed by atoms with E-state index in [4.69, 9.17) is 4.74 Å². The Hall–Kier alpha value is -0.530. The zero-order chi connectivity index (χ0) is 9.84. The minimum atomic E-state index is -0.00556. The van der Waals surface area contributed by atoms with Crippen molar-refractivity contribution in [3.63, 3.8) is 0 Å². The van der Waals surface area contributed by atoms with Crippen molar-refractivity contribution < 1.29 is 9.53 Å². The van der Waals surface area contributed by atoms with E-state index in [9.17, 15) is 4.79 Å². The zero-order valence-electron chi connectivity index (χ0n) is 8.88. The normalized spacial score (nSPS) is 31.5. The van der Waals surface area contributed by atoms with Crippen LogP contribution in [-0.2, 0) is 9.53 Å². The van der Waals surface area contributed by atoms with Crippen LogP contribution in [0.4, 0.5) is 0 Å². The Morgan fingerprint density at radius 3 is 2.62 bits per heavy atom. The zero-order valence-corrected chi connectivity index (χ0v) is 8.88. The summed E-state index contributed by atoms with van der Waals surface area (Å²) in [6.45, 7) is 4.35. The Bertz CT molecular complexity index is 177. The second-order valence-corrected chi connectivity index (χ2v) is 4.07. The lowest BCUT2D eigenvalue weighted by atomic mass is 10.1. The van der Waals surface area contributed by atoms with Crippen LogP contribution in [-0.4, -0.2) is 13.1 Å². The lowest BCUT2D eigenvalue weighted by Crippen LogP contribution is -2.05. The lowest BCUT2D eigenvalue weighted by Gasteiger charge is -1.97. The van der Waals surface area contributed by atoms with E-state index in [1.807, 2.05) is 0 Å². The van der Waals surface area contributed by atoms with Crippen molar-refractivity contribution >= 4 is 5.97 Å². The number of carbonyl (C=O) groups excluding carboxylic acids is 1. The molecule has 1 aliphatic carbocycles. The van der Waals surface area contributed by atoms with Crippen LogP contribution in [0.3, 0.4) is 0 Å². The quantitative estimate of drug-likeness (QED) is 0.485. The third-order valence-corrected chi connectivity index (χ3v) is 3.18. The van der Waals surface area contributed by atoms with E-state index in [2.05, 4.69) is 13.8 Å². The molecule has 0 amide bonds. The molecule has 13 heavy (non-hydrogen) atoms. The van der Waals surface area contributed by atoms with Crippen molar-refractivity contribution in [1.82, 2.24) is 0 Å². The SMILES string of the molecule is CCCCC[C@H]1[C@@H](C)[C@H]1C(=O)OC. The summed E-state index contributed by atoms with van der Waals surface area (Å²) in [6, 6.07) is 0. The smallest absolute Gasteiger partial charge is 0.309 e. The van der Waals surface area contributed by atoms with Crippen molar-refractivity contribution in [1.29, 1.82) is 0 Å². The summed E-state index contributed by atoms with van der Waals surface area (Å²) in [5.41, 5.74) is 0. The van der Waals surface area contributed by atoms with Gasteiger partial charge in [-0.2, -0.15) is 0 Å². The number of rotatable bonds is 5. The average Bonchev–Trinajstić information content (AvgIpc) is 2.76. The van der Waals surface area contributed by atoms with E-state index in [0.717, 1.165) is 0 Å². The van der Waals surface area contributed by atoms with E-state index >= 15 is 0 Å². The minimum Gasteiger partial charge on any atom is -0.469 e. The maximum Gasteiger partial charge on any atom is 0.309 e. The molecule has 0 saturated heterocycles. The molecule has 0 spiro atoms. The van der Waals surface area contributed by atoms with Gasteiger partial charge in [0, 0.05) is 0 Å². The third-order valence-electron chi connectivity index (χ3n) is 3.18. The highest BCUT2D eigenvalue weighted by molar-refractivity contribution is 5.76. The number of ether oxygens (including phenoxy) is 1. The first-order valence-corrected chi connectivity index (χ1v) is 5.30. The molecule has 76 valence electrons. The van der Waals surface area contributed by atoms with Gasteiger partial charge in [-0.05, 0) is 18.3 Å². The molecule has 1 saturated carbocycles. The molecule has 0 bridgehead atoms. The first kappa shape index (κ1) is 10.6. The highest BCUT2D eigenvalue weighted by Gasteiger charge is 2.51. The molecule has 2 nitrogen and oxygen atoms in total. The van der Waals surface area contributed by atoms with Crippen LogP contribution in [0.2, 0.25) is 0 Å². The average molecular weight is 184 g/mol. The molecule has 3 atom stereocenters. The van der Waals surface area contributed by atoms with E-state index in [1.54, 1.807) is 0 Å². The summed E-state index contributed by atoms with van der Waals surface area (Å²) in [5, 5.41) is 0. The molecule has 0 radical (unpaired) electrons. The number of hydrogen-bond donors (Lipinski definition) is 0. The van der Waals surface area contributed by atoms with Crippen molar-refractivity contribution in [2.45, 2.75) is 39.5 Å². The Morgan fingerprint density at radius 2 is 2.08 bits per heavy atom. The first-order chi connectivity index (χ1) is 6.22. The van der Waals surface area contributed by atoms with Crippen LogP contribution in [0.25, 0.3) is 0 Å². The Morgan fingerprint density at radius 1 is 1.38 bits per heavy atom. The molecule has 1 aliphatic rings. The number of hydrogen-bond acceptors (Lipinski definition) is 2. The van der Waals surface area contributed by atoms with Crippen LogP contribution in [0.15, 0.2) is 0 Å².